The first-order chi connectivity index (χ1) is 16.8. The third kappa shape index (κ3) is 4.34. The number of rotatable bonds is 5. The van der Waals surface area contributed by atoms with Crippen LogP contribution in [0.2, 0.25) is 0 Å². The second-order valence-corrected chi connectivity index (χ2v) is 8.70. The van der Waals surface area contributed by atoms with Crippen molar-refractivity contribution in [3.05, 3.63) is 36.0 Å². The Morgan fingerprint density at radius 3 is 2.20 bits per heavy atom. The van der Waals surface area contributed by atoms with Crippen LogP contribution in [0.15, 0.2) is 30.3 Å². The van der Waals surface area contributed by atoms with Crippen molar-refractivity contribution in [2.75, 3.05) is 72.9 Å². The number of halogens is 3. The lowest BCUT2D eigenvalue weighted by atomic mass is 10.1. The number of anilines is 4. The van der Waals surface area contributed by atoms with Gasteiger partial charge >= 0.3 is 6.18 Å². The van der Waals surface area contributed by atoms with Crippen molar-refractivity contribution in [1.82, 2.24) is 14.9 Å². The molecule has 1 unspecified atom stereocenters. The van der Waals surface area contributed by atoms with Gasteiger partial charge in [-0.1, -0.05) is 12.1 Å². The van der Waals surface area contributed by atoms with E-state index in [-0.39, 0.29) is 11.6 Å². The summed E-state index contributed by atoms with van der Waals surface area (Å²) >= 11 is 0. The number of nitrogens with two attached hydrogens (primary N) is 1. The van der Waals surface area contributed by atoms with Gasteiger partial charge in [0.15, 0.2) is 6.29 Å². The van der Waals surface area contributed by atoms with Crippen LogP contribution >= 0.6 is 0 Å². The summed E-state index contributed by atoms with van der Waals surface area (Å²) in [5.41, 5.74) is 3.67. The van der Waals surface area contributed by atoms with Crippen LogP contribution < -0.4 is 26.2 Å². The van der Waals surface area contributed by atoms with Gasteiger partial charge in [0.2, 0.25) is 5.95 Å². The fourth-order valence-electron chi connectivity index (χ4n) is 4.57. The van der Waals surface area contributed by atoms with Crippen LogP contribution in [0.25, 0.3) is 0 Å². The third-order valence-corrected chi connectivity index (χ3v) is 6.57. The molecule has 1 atom stereocenters. The Kier molecular flexibility index (Phi) is 6.15. The molecule has 1 aromatic carbocycles. The third-order valence-electron chi connectivity index (χ3n) is 6.57. The molecule has 10 nitrogen and oxygen atoms in total. The number of morpholine rings is 1. The van der Waals surface area contributed by atoms with E-state index < -0.39 is 18.0 Å². The number of ether oxygens (including phenoxy) is 1. The van der Waals surface area contributed by atoms with Crippen LogP contribution in [0.4, 0.5) is 36.3 Å². The highest BCUT2D eigenvalue weighted by molar-refractivity contribution is 5.77. The van der Waals surface area contributed by atoms with Gasteiger partial charge in [-0.2, -0.15) is 18.2 Å². The zero-order chi connectivity index (χ0) is 24.6. The van der Waals surface area contributed by atoms with Crippen molar-refractivity contribution in [1.29, 1.82) is 0 Å². The predicted molar refractivity (Wildman–Crippen MR) is 124 cm³/mol. The van der Waals surface area contributed by atoms with Gasteiger partial charge in [-0.3, -0.25) is 4.90 Å². The van der Waals surface area contributed by atoms with E-state index in [1.807, 2.05) is 14.7 Å². The van der Waals surface area contributed by atoms with E-state index in [0.717, 1.165) is 0 Å². The lowest BCUT2D eigenvalue weighted by Crippen LogP contribution is -2.55. The van der Waals surface area contributed by atoms with Gasteiger partial charge in [0.25, 0.3) is 5.66 Å². The molecule has 1 aromatic heterocycles. The molecule has 4 heterocycles. The number of fused-ring (bicyclic) bond motifs is 1. The monoisotopic (exact) mass is 492 g/mol. The Balaban J connectivity index is 1.54. The van der Waals surface area contributed by atoms with Crippen molar-refractivity contribution >= 4 is 29.4 Å². The van der Waals surface area contributed by atoms with Gasteiger partial charge in [-0.05, 0) is 12.1 Å². The normalized spacial score (nSPS) is 21.1. The minimum atomic E-state index is -4.71. The minimum Gasteiger partial charge on any atom is -0.378 e. The van der Waals surface area contributed by atoms with Crippen LogP contribution in [0.5, 0.6) is 0 Å². The van der Waals surface area contributed by atoms with Crippen molar-refractivity contribution in [2.24, 2.45) is 5.73 Å². The summed E-state index contributed by atoms with van der Waals surface area (Å²) in [6.45, 7) is 3.73. The largest absolute Gasteiger partial charge is 0.436 e. The lowest BCUT2D eigenvalue weighted by Gasteiger charge is -2.38. The number of hydrogen-bond donors (Lipinski definition) is 3. The first-order valence-corrected chi connectivity index (χ1v) is 11.4. The van der Waals surface area contributed by atoms with Crippen molar-refractivity contribution < 1.29 is 22.7 Å². The highest BCUT2D eigenvalue weighted by atomic mass is 19.4. The van der Waals surface area contributed by atoms with Crippen molar-refractivity contribution in [3.8, 4) is 0 Å². The molecular weight excluding hydrogens is 465 g/mol. The number of nitrogens with one attached hydrogen (secondary N) is 2. The summed E-state index contributed by atoms with van der Waals surface area (Å²) in [7, 11) is 0. The van der Waals surface area contributed by atoms with E-state index in [1.165, 1.54) is 6.07 Å². The number of piperazine rings is 1. The van der Waals surface area contributed by atoms with E-state index in [4.69, 9.17) is 10.5 Å². The zero-order valence-electron chi connectivity index (χ0n) is 19.0. The summed E-state index contributed by atoms with van der Waals surface area (Å²) in [6, 6.07) is 7.92. The summed E-state index contributed by atoms with van der Waals surface area (Å²) < 4.78 is 49.5. The zero-order valence-corrected chi connectivity index (χ0v) is 19.0. The molecule has 35 heavy (non-hydrogen) atoms. The first kappa shape index (κ1) is 23.6. The molecule has 0 amide bonds. The molecule has 188 valence electrons. The standard InChI is InChI=1S/C22H27F3N8O2/c23-22(24,25)21(29-15-3-1-2-4-16(15)30-21)17-13-19(28-20(27-17)33-9-11-35-12-10-33)32-7-5-31(6-8-32)18(26)14-34/h1-4,13-14,18,29-30H,5-12,26H2. The molecule has 13 heteroatoms. The summed E-state index contributed by atoms with van der Waals surface area (Å²) in [6.07, 6.45) is -4.74. The number of benzene rings is 1. The topological polar surface area (TPSA) is 112 Å². The molecule has 0 bridgehead atoms. The van der Waals surface area contributed by atoms with Gasteiger partial charge < -0.3 is 35.7 Å². The van der Waals surface area contributed by atoms with Crippen molar-refractivity contribution in [3.63, 3.8) is 0 Å². The Morgan fingerprint density at radius 2 is 1.63 bits per heavy atom. The van der Waals surface area contributed by atoms with Crippen LogP contribution in [0.1, 0.15) is 5.69 Å². The highest BCUT2D eigenvalue weighted by Gasteiger charge is 2.61. The van der Waals surface area contributed by atoms with Crippen LogP contribution in [0.3, 0.4) is 0 Å². The van der Waals surface area contributed by atoms with E-state index in [1.54, 1.807) is 24.3 Å². The number of aromatic nitrogens is 2. The molecular formula is C22H27F3N8O2. The van der Waals surface area contributed by atoms with E-state index in [0.29, 0.717) is 76.0 Å². The molecule has 2 aromatic rings. The number of hydrogen-bond acceptors (Lipinski definition) is 10. The molecule has 0 spiro atoms. The first-order valence-electron chi connectivity index (χ1n) is 11.4. The van der Waals surface area contributed by atoms with E-state index >= 15 is 0 Å². The summed E-state index contributed by atoms with van der Waals surface area (Å²) in [5.74, 6) is 0.606. The number of nitrogens with zero attached hydrogens (tertiary/aromatic N) is 5. The highest BCUT2D eigenvalue weighted by Crippen LogP contribution is 2.48. The Morgan fingerprint density at radius 1 is 1.00 bits per heavy atom. The smallest absolute Gasteiger partial charge is 0.378 e. The lowest BCUT2D eigenvalue weighted by molar-refractivity contribution is -0.173. The molecule has 4 N–H and O–H groups in total. The maximum Gasteiger partial charge on any atom is 0.436 e. The fraction of sp³-hybridized carbons (Fsp3) is 0.500. The quantitative estimate of drug-likeness (QED) is 0.526. The number of carbonyl (C=O) groups excluding carboxylic acids is 1. The summed E-state index contributed by atoms with van der Waals surface area (Å²) in [4.78, 5) is 25.7. The number of para-hydroxylation sites is 2. The molecule has 2 saturated heterocycles. The molecule has 0 saturated carbocycles. The van der Waals surface area contributed by atoms with E-state index in [2.05, 4.69) is 20.6 Å². The fourth-order valence-corrected chi connectivity index (χ4v) is 4.57. The second kappa shape index (κ2) is 9.13. The van der Waals surface area contributed by atoms with Crippen LogP contribution in [0, 0.1) is 0 Å². The van der Waals surface area contributed by atoms with Gasteiger partial charge in [-0.25, -0.2) is 4.98 Å². The predicted octanol–water partition coefficient (Wildman–Crippen LogP) is 1.17. The van der Waals surface area contributed by atoms with E-state index in [9.17, 15) is 18.0 Å². The van der Waals surface area contributed by atoms with Gasteiger partial charge in [0.1, 0.15) is 17.7 Å². The summed E-state index contributed by atoms with van der Waals surface area (Å²) in [5, 5.41) is 5.28. The average Bonchev–Trinajstić information content (AvgIpc) is 3.30. The van der Waals surface area contributed by atoms with Crippen molar-refractivity contribution in [2.45, 2.75) is 18.0 Å². The Hall–Kier alpha value is -3.16. The SMILES string of the molecule is NC(C=O)N1CCN(c2cc(C3(C(F)(F)F)Nc4ccccc4N3)nc(N3CCOCC3)n2)CC1. The molecule has 3 aliphatic rings. The van der Waals surface area contributed by atoms with Gasteiger partial charge in [-0.15, -0.1) is 0 Å². The Bertz CT molecular complexity index is 1050. The number of aldehydes is 1. The van der Waals surface area contributed by atoms with Crippen LogP contribution in [-0.4, -0.2) is 86.0 Å². The minimum absolute atomic E-state index is 0.219. The van der Waals surface area contributed by atoms with Gasteiger partial charge in [0.05, 0.1) is 24.6 Å². The molecule has 5 rings (SSSR count). The maximum atomic E-state index is 14.7. The number of carbonyl (C=O) groups is 1. The second-order valence-electron chi connectivity index (χ2n) is 8.70. The average molecular weight is 493 g/mol. The maximum absolute atomic E-state index is 14.7. The molecule has 3 aliphatic heterocycles. The molecule has 0 radical (unpaired) electrons. The molecule has 2 fully saturated rings. The van der Waals surface area contributed by atoms with Crippen LogP contribution in [-0.2, 0) is 15.2 Å². The molecule has 0 aliphatic carbocycles. The Labute approximate surface area is 200 Å². The van der Waals surface area contributed by atoms with Gasteiger partial charge in [0, 0.05) is 45.3 Å². The number of alkyl halides is 3.